The van der Waals surface area contributed by atoms with Gasteiger partial charge in [-0.15, -0.1) is 0 Å². The molecule has 7 heteroatoms. The van der Waals surface area contributed by atoms with Crippen molar-refractivity contribution in [3.63, 3.8) is 0 Å². The van der Waals surface area contributed by atoms with Crippen molar-refractivity contribution >= 4 is 5.91 Å². The van der Waals surface area contributed by atoms with Crippen molar-refractivity contribution in [3.05, 3.63) is 0 Å². The molecule has 0 unspecified atom stereocenters. The number of rotatable bonds is 4. The van der Waals surface area contributed by atoms with E-state index in [9.17, 15) is 20.1 Å². The average Bonchev–Trinajstić information content (AvgIpc) is 2.47. The molecule has 122 valence electrons. The summed E-state index contributed by atoms with van der Waals surface area (Å²) < 4.78 is 11.4. The summed E-state index contributed by atoms with van der Waals surface area (Å²) in [7, 11) is 0. The molecule has 0 radical (unpaired) electrons. The van der Waals surface area contributed by atoms with E-state index in [1.807, 2.05) is 0 Å². The molecule has 1 saturated heterocycles. The van der Waals surface area contributed by atoms with Gasteiger partial charge in [0.1, 0.15) is 24.4 Å². The van der Waals surface area contributed by atoms with Crippen LogP contribution in [0.1, 0.15) is 39.0 Å². The molecule has 0 aromatic heterocycles. The van der Waals surface area contributed by atoms with Gasteiger partial charge < -0.3 is 30.1 Å². The number of aliphatic hydroxyl groups excluding tert-OH is 3. The molecule has 1 amide bonds. The van der Waals surface area contributed by atoms with Gasteiger partial charge in [0.15, 0.2) is 6.29 Å². The minimum atomic E-state index is -1.27. The number of amides is 1. The summed E-state index contributed by atoms with van der Waals surface area (Å²) in [4.78, 5) is 11.3. The highest BCUT2D eigenvalue weighted by molar-refractivity contribution is 5.73. The van der Waals surface area contributed by atoms with E-state index in [1.54, 1.807) is 0 Å². The van der Waals surface area contributed by atoms with Crippen molar-refractivity contribution in [1.29, 1.82) is 0 Å². The summed E-state index contributed by atoms with van der Waals surface area (Å²) in [6.45, 7) is 0.907. The Morgan fingerprint density at radius 1 is 1.24 bits per heavy atom. The Morgan fingerprint density at radius 3 is 2.48 bits per heavy atom. The fraction of sp³-hybridized carbons (Fsp3) is 0.929. The highest BCUT2D eigenvalue weighted by Gasteiger charge is 2.46. The van der Waals surface area contributed by atoms with Crippen molar-refractivity contribution in [1.82, 2.24) is 5.32 Å². The SMILES string of the molecule is CC(=O)N[C@@H]1[C@H](OC2CCCCC2)O[C@H](CO)[C@H](O)[C@H]1O. The Bertz CT molecular complexity index is 346. The summed E-state index contributed by atoms with van der Waals surface area (Å²) in [5, 5.41) is 31.9. The normalized spacial score (nSPS) is 38.2. The zero-order chi connectivity index (χ0) is 15.4. The molecular weight excluding hydrogens is 278 g/mol. The summed E-state index contributed by atoms with van der Waals surface area (Å²) >= 11 is 0. The molecule has 2 rings (SSSR count). The molecule has 1 aliphatic heterocycles. The standard InChI is InChI=1S/C14H25NO6/c1-8(17)15-11-13(19)12(18)10(7-16)21-14(11)20-9-5-3-2-4-6-9/h9-14,16,18-19H,2-7H2,1H3,(H,15,17)/t10-,11+,12+,13+,14-/m1/s1. The Hall–Kier alpha value is -0.730. The van der Waals surface area contributed by atoms with Crippen molar-refractivity contribution < 1.29 is 29.6 Å². The first-order valence-corrected chi connectivity index (χ1v) is 7.58. The molecule has 0 spiro atoms. The predicted octanol–water partition coefficient (Wildman–Crippen LogP) is -0.721. The van der Waals surface area contributed by atoms with Crippen LogP contribution < -0.4 is 5.32 Å². The van der Waals surface area contributed by atoms with E-state index >= 15 is 0 Å². The molecule has 0 bridgehead atoms. The van der Waals surface area contributed by atoms with Gasteiger partial charge in [-0.25, -0.2) is 0 Å². The largest absolute Gasteiger partial charge is 0.394 e. The van der Waals surface area contributed by atoms with Gasteiger partial charge >= 0.3 is 0 Å². The molecule has 0 aromatic rings. The molecule has 21 heavy (non-hydrogen) atoms. The van der Waals surface area contributed by atoms with Gasteiger partial charge in [0.05, 0.1) is 12.7 Å². The van der Waals surface area contributed by atoms with Gasteiger partial charge in [-0.1, -0.05) is 19.3 Å². The zero-order valence-corrected chi connectivity index (χ0v) is 12.3. The lowest BCUT2D eigenvalue weighted by Gasteiger charge is -2.43. The van der Waals surface area contributed by atoms with E-state index in [4.69, 9.17) is 9.47 Å². The van der Waals surface area contributed by atoms with Gasteiger partial charge in [0, 0.05) is 6.92 Å². The lowest BCUT2D eigenvalue weighted by Crippen LogP contribution is -2.65. The molecule has 7 nitrogen and oxygen atoms in total. The van der Waals surface area contributed by atoms with Crippen LogP contribution in [0.4, 0.5) is 0 Å². The maximum atomic E-state index is 11.3. The summed E-state index contributed by atoms with van der Waals surface area (Å²) in [5.41, 5.74) is 0. The van der Waals surface area contributed by atoms with Crippen molar-refractivity contribution in [2.75, 3.05) is 6.61 Å². The van der Waals surface area contributed by atoms with Crippen LogP contribution in [0, 0.1) is 0 Å². The van der Waals surface area contributed by atoms with Crippen LogP contribution in [-0.4, -0.2) is 64.6 Å². The number of aliphatic hydroxyl groups is 3. The molecule has 4 N–H and O–H groups in total. The van der Waals surface area contributed by atoms with Gasteiger partial charge in [0.2, 0.25) is 5.91 Å². The average molecular weight is 303 g/mol. The van der Waals surface area contributed by atoms with Gasteiger partial charge in [-0.2, -0.15) is 0 Å². The van der Waals surface area contributed by atoms with Crippen molar-refractivity contribution in [2.24, 2.45) is 0 Å². The Morgan fingerprint density at radius 2 is 1.90 bits per heavy atom. The maximum absolute atomic E-state index is 11.3. The van der Waals surface area contributed by atoms with Crippen LogP contribution >= 0.6 is 0 Å². The van der Waals surface area contributed by atoms with E-state index in [-0.39, 0.29) is 12.0 Å². The van der Waals surface area contributed by atoms with Crippen LogP contribution in [-0.2, 0) is 14.3 Å². The van der Waals surface area contributed by atoms with Crippen LogP contribution in [0.5, 0.6) is 0 Å². The Labute approximate surface area is 124 Å². The first-order valence-electron chi connectivity index (χ1n) is 7.58. The fourth-order valence-electron chi connectivity index (χ4n) is 2.98. The number of carbonyl (C=O) groups is 1. The fourth-order valence-corrected chi connectivity index (χ4v) is 2.98. The molecule has 1 saturated carbocycles. The van der Waals surface area contributed by atoms with E-state index in [1.165, 1.54) is 13.3 Å². The highest BCUT2D eigenvalue weighted by Crippen LogP contribution is 2.27. The summed E-state index contributed by atoms with van der Waals surface area (Å²) in [5.74, 6) is -0.338. The zero-order valence-electron chi connectivity index (χ0n) is 12.3. The van der Waals surface area contributed by atoms with Gasteiger partial charge in [-0.3, -0.25) is 4.79 Å². The number of hydrogen-bond donors (Lipinski definition) is 4. The monoisotopic (exact) mass is 303 g/mol. The number of ether oxygens (including phenoxy) is 2. The van der Waals surface area contributed by atoms with E-state index in [2.05, 4.69) is 5.32 Å². The van der Waals surface area contributed by atoms with E-state index in [0.717, 1.165) is 25.7 Å². The minimum Gasteiger partial charge on any atom is -0.394 e. The van der Waals surface area contributed by atoms with Crippen LogP contribution in [0.15, 0.2) is 0 Å². The molecule has 2 aliphatic rings. The lowest BCUT2D eigenvalue weighted by atomic mass is 9.95. The first kappa shape index (κ1) is 16.6. The lowest BCUT2D eigenvalue weighted by molar-refractivity contribution is -0.283. The van der Waals surface area contributed by atoms with E-state index in [0.29, 0.717) is 0 Å². The quantitative estimate of drug-likeness (QED) is 0.546. The molecule has 1 heterocycles. The molecule has 1 aliphatic carbocycles. The second-order valence-electron chi connectivity index (χ2n) is 5.83. The summed E-state index contributed by atoms with van der Waals surface area (Å²) in [6, 6.07) is -0.845. The molecule has 5 atom stereocenters. The van der Waals surface area contributed by atoms with E-state index < -0.39 is 37.3 Å². The Kier molecular flexibility index (Phi) is 5.95. The summed E-state index contributed by atoms with van der Waals surface area (Å²) in [6.07, 6.45) is 0.887. The predicted molar refractivity (Wildman–Crippen MR) is 73.3 cm³/mol. The third kappa shape index (κ3) is 4.14. The molecule has 2 fully saturated rings. The van der Waals surface area contributed by atoms with Crippen molar-refractivity contribution in [2.45, 2.75) is 75.8 Å². The maximum Gasteiger partial charge on any atom is 0.217 e. The van der Waals surface area contributed by atoms with Gasteiger partial charge in [-0.05, 0) is 12.8 Å². The van der Waals surface area contributed by atoms with Gasteiger partial charge in [0.25, 0.3) is 0 Å². The highest BCUT2D eigenvalue weighted by atomic mass is 16.7. The second kappa shape index (κ2) is 7.51. The Balaban J connectivity index is 2.06. The minimum absolute atomic E-state index is 0.0155. The third-order valence-corrected chi connectivity index (χ3v) is 4.13. The third-order valence-electron chi connectivity index (χ3n) is 4.13. The first-order chi connectivity index (χ1) is 10.0. The second-order valence-corrected chi connectivity index (χ2v) is 5.83. The van der Waals surface area contributed by atoms with Crippen LogP contribution in [0.2, 0.25) is 0 Å². The molecular formula is C14H25NO6. The number of hydrogen-bond acceptors (Lipinski definition) is 6. The number of nitrogens with one attached hydrogen (secondary N) is 1. The topological polar surface area (TPSA) is 108 Å². The van der Waals surface area contributed by atoms with Crippen LogP contribution in [0.3, 0.4) is 0 Å². The van der Waals surface area contributed by atoms with Crippen molar-refractivity contribution in [3.8, 4) is 0 Å². The smallest absolute Gasteiger partial charge is 0.217 e. The van der Waals surface area contributed by atoms with Crippen LogP contribution in [0.25, 0.3) is 0 Å². The molecule has 0 aromatic carbocycles. The number of carbonyl (C=O) groups excluding carboxylic acids is 1.